The van der Waals surface area contributed by atoms with Gasteiger partial charge < -0.3 is 9.47 Å². The van der Waals surface area contributed by atoms with Gasteiger partial charge in [0.25, 0.3) is 0 Å². The molecular weight excluding hydrogens is 436 g/mol. The zero-order chi connectivity index (χ0) is 24.6. The molecule has 0 atom stereocenters. The first kappa shape index (κ1) is 24.5. The Morgan fingerprint density at radius 1 is 0.857 bits per heavy atom. The summed E-state index contributed by atoms with van der Waals surface area (Å²) >= 11 is 0. The molecule has 0 aromatic heterocycles. The largest absolute Gasteiger partial charge is 0.493 e. The van der Waals surface area contributed by atoms with Crippen LogP contribution >= 0.6 is 0 Å². The van der Waals surface area contributed by atoms with Crippen molar-refractivity contribution in [3.8, 4) is 16.9 Å². The van der Waals surface area contributed by atoms with Gasteiger partial charge in [0, 0.05) is 23.6 Å². The van der Waals surface area contributed by atoms with E-state index in [1.165, 1.54) is 47.1 Å². The summed E-state index contributed by atoms with van der Waals surface area (Å²) in [7, 11) is 0. The Hall–Kier alpha value is -3.66. The first-order valence-corrected chi connectivity index (χ1v) is 12.4. The Balaban J connectivity index is 1.36. The fourth-order valence-electron chi connectivity index (χ4n) is 4.49. The molecule has 4 nitrogen and oxygen atoms in total. The Kier molecular flexibility index (Phi) is 8.15. The Morgan fingerprint density at radius 3 is 2.31 bits per heavy atom. The van der Waals surface area contributed by atoms with Crippen LogP contribution in [0.15, 0.2) is 73.3 Å². The molecule has 4 heteroatoms. The highest BCUT2D eigenvalue weighted by molar-refractivity contribution is 6.09. The molecule has 0 radical (unpaired) electrons. The van der Waals surface area contributed by atoms with Crippen LogP contribution in [0.4, 0.5) is 0 Å². The highest BCUT2D eigenvalue weighted by atomic mass is 16.5. The molecule has 35 heavy (non-hydrogen) atoms. The van der Waals surface area contributed by atoms with Crippen molar-refractivity contribution in [2.24, 2.45) is 0 Å². The minimum atomic E-state index is -0.435. The van der Waals surface area contributed by atoms with Gasteiger partial charge in [-0.15, -0.1) is 0 Å². The summed E-state index contributed by atoms with van der Waals surface area (Å²) in [6.07, 6.45) is 7.46. The van der Waals surface area contributed by atoms with E-state index in [-0.39, 0.29) is 12.4 Å². The number of hydrogen-bond donors (Lipinski definition) is 0. The predicted octanol–water partition coefficient (Wildman–Crippen LogP) is 6.72. The summed E-state index contributed by atoms with van der Waals surface area (Å²) in [4.78, 5) is 24.2. The molecule has 4 rings (SSSR count). The van der Waals surface area contributed by atoms with Crippen LogP contribution in [-0.4, -0.2) is 25.0 Å². The highest BCUT2D eigenvalue weighted by Gasteiger charge is 2.20. The molecule has 0 fully saturated rings. The first-order valence-electron chi connectivity index (χ1n) is 12.4. The number of ketones is 1. The lowest BCUT2D eigenvalue weighted by atomic mass is 9.98. The Bertz CT molecular complexity index is 1210. The Labute approximate surface area is 207 Å². The van der Waals surface area contributed by atoms with Crippen molar-refractivity contribution in [2.75, 3.05) is 13.2 Å². The molecule has 0 saturated heterocycles. The fraction of sp³-hybridized carbons (Fsp3) is 0.290. The third kappa shape index (κ3) is 6.07. The van der Waals surface area contributed by atoms with Gasteiger partial charge in [-0.05, 0) is 77.4 Å². The van der Waals surface area contributed by atoms with Crippen LogP contribution in [0.1, 0.15) is 65.2 Å². The van der Waals surface area contributed by atoms with E-state index in [9.17, 15) is 9.59 Å². The van der Waals surface area contributed by atoms with E-state index in [1.807, 2.05) is 12.1 Å². The molecule has 0 aliphatic heterocycles. The molecule has 0 unspecified atom stereocenters. The van der Waals surface area contributed by atoms with Gasteiger partial charge in [-0.2, -0.15) is 0 Å². The molecule has 3 aromatic carbocycles. The SMILES string of the molecule is C=CC(=O)OCCCOc1ccc(C(=O)c2ccc3c(c2)Cc2cc(CCCCC)ccc2-3)cc1. The van der Waals surface area contributed by atoms with Crippen molar-refractivity contribution in [1.29, 1.82) is 0 Å². The van der Waals surface area contributed by atoms with E-state index >= 15 is 0 Å². The van der Waals surface area contributed by atoms with Gasteiger partial charge in [-0.3, -0.25) is 4.79 Å². The predicted molar refractivity (Wildman–Crippen MR) is 139 cm³/mol. The molecule has 1 aliphatic carbocycles. The lowest BCUT2D eigenvalue weighted by Gasteiger charge is -2.08. The van der Waals surface area contributed by atoms with Crippen molar-refractivity contribution in [1.82, 2.24) is 0 Å². The molecule has 0 saturated carbocycles. The van der Waals surface area contributed by atoms with Crippen LogP contribution in [0.25, 0.3) is 11.1 Å². The lowest BCUT2D eigenvalue weighted by Crippen LogP contribution is -2.07. The van der Waals surface area contributed by atoms with E-state index in [0.717, 1.165) is 18.9 Å². The molecule has 0 spiro atoms. The maximum absolute atomic E-state index is 13.1. The van der Waals surface area contributed by atoms with Crippen molar-refractivity contribution in [3.63, 3.8) is 0 Å². The van der Waals surface area contributed by atoms with Gasteiger partial charge in [0.2, 0.25) is 0 Å². The molecular formula is C31H32O4. The molecule has 3 aromatic rings. The van der Waals surface area contributed by atoms with Crippen LogP contribution in [0.3, 0.4) is 0 Å². The number of unbranched alkanes of at least 4 members (excludes halogenated alkanes) is 2. The monoisotopic (exact) mass is 468 g/mol. The molecule has 0 N–H and O–H groups in total. The number of ether oxygens (including phenoxy) is 2. The standard InChI is InChI=1S/C31H32O4/c1-3-5-6-8-22-9-15-28-25(19-22)21-26-20-24(12-16-29(26)28)31(33)23-10-13-27(14-11-23)34-17-7-18-35-30(32)4-2/h4,9-16,19-20H,2-3,5-8,17-18,21H2,1H3. The molecule has 0 bridgehead atoms. The van der Waals surface area contributed by atoms with E-state index in [2.05, 4.69) is 37.8 Å². The van der Waals surface area contributed by atoms with Gasteiger partial charge in [-0.1, -0.05) is 56.7 Å². The fourth-order valence-corrected chi connectivity index (χ4v) is 4.49. The summed E-state index contributed by atoms with van der Waals surface area (Å²) in [5.41, 5.74) is 7.84. The van der Waals surface area contributed by atoms with Crippen molar-refractivity contribution in [2.45, 2.75) is 45.4 Å². The number of carbonyl (C=O) groups excluding carboxylic acids is 2. The van der Waals surface area contributed by atoms with E-state index in [1.54, 1.807) is 24.3 Å². The Morgan fingerprint density at radius 2 is 1.57 bits per heavy atom. The summed E-state index contributed by atoms with van der Waals surface area (Å²) in [6.45, 7) is 6.29. The normalized spacial score (nSPS) is 11.5. The number of carbonyl (C=O) groups is 2. The summed E-state index contributed by atoms with van der Waals surface area (Å²) in [6, 6.07) is 20.1. The number of esters is 1. The number of benzene rings is 3. The second-order valence-corrected chi connectivity index (χ2v) is 8.92. The van der Waals surface area contributed by atoms with Gasteiger partial charge >= 0.3 is 5.97 Å². The van der Waals surface area contributed by atoms with Gasteiger partial charge in [0.1, 0.15) is 5.75 Å². The third-order valence-corrected chi connectivity index (χ3v) is 6.36. The smallest absolute Gasteiger partial charge is 0.330 e. The molecule has 180 valence electrons. The zero-order valence-corrected chi connectivity index (χ0v) is 20.3. The highest BCUT2D eigenvalue weighted by Crippen LogP contribution is 2.38. The lowest BCUT2D eigenvalue weighted by molar-refractivity contribution is -0.137. The quantitative estimate of drug-likeness (QED) is 0.100. The summed E-state index contributed by atoms with van der Waals surface area (Å²) < 4.78 is 10.6. The average molecular weight is 469 g/mol. The minimum absolute atomic E-state index is 0.00639. The van der Waals surface area contributed by atoms with Gasteiger partial charge in [-0.25, -0.2) is 4.79 Å². The van der Waals surface area contributed by atoms with Crippen LogP contribution in [0, 0.1) is 0 Å². The second-order valence-electron chi connectivity index (χ2n) is 8.92. The van der Waals surface area contributed by atoms with Crippen molar-refractivity contribution >= 4 is 11.8 Å². The average Bonchev–Trinajstić information content (AvgIpc) is 3.25. The summed E-state index contributed by atoms with van der Waals surface area (Å²) in [5.74, 6) is 0.248. The number of hydrogen-bond acceptors (Lipinski definition) is 4. The van der Waals surface area contributed by atoms with E-state index in [4.69, 9.17) is 9.47 Å². The van der Waals surface area contributed by atoms with Gasteiger partial charge in [0.15, 0.2) is 5.78 Å². The maximum atomic E-state index is 13.1. The van der Waals surface area contributed by atoms with Crippen LogP contribution in [0.5, 0.6) is 5.75 Å². The number of rotatable bonds is 12. The van der Waals surface area contributed by atoms with Crippen molar-refractivity contribution in [3.05, 3.63) is 101 Å². The molecule has 0 heterocycles. The number of aryl methyl sites for hydroxylation is 1. The zero-order valence-electron chi connectivity index (χ0n) is 20.3. The first-order chi connectivity index (χ1) is 17.1. The second kappa shape index (κ2) is 11.7. The maximum Gasteiger partial charge on any atom is 0.330 e. The molecule has 0 amide bonds. The minimum Gasteiger partial charge on any atom is -0.493 e. The van der Waals surface area contributed by atoms with Crippen LogP contribution in [-0.2, 0) is 22.4 Å². The van der Waals surface area contributed by atoms with Crippen LogP contribution in [0.2, 0.25) is 0 Å². The topological polar surface area (TPSA) is 52.6 Å². The van der Waals surface area contributed by atoms with E-state index in [0.29, 0.717) is 29.9 Å². The van der Waals surface area contributed by atoms with E-state index < -0.39 is 5.97 Å². The third-order valence-electron chi connectivity index (χ3n) is 6.36. The molecule has 1 aliphatic rings. The van der Waals surface area contributed by atoms with Gasteiger partial charge in [0.05, 0.1) is 13.2 Å². The summed E-state index contributed by atoms with van der Waals surface area (Å²) in [5, 5.41) is 0. The number of fused-ring (bicyclic) bond motifs is 3. The van der Waals surface area contributed by atoms with Crippen molar-refractivity contribution < 1.29 is 19.1 Å². The van der Waals surface area contributed by atoms with Crippen LogP contribution < -0.4 is 4.74 Å².